The number of anilines is 1. The van der Waals surface area contributed by atoms with Crippen LogP contribution in [0.1, 0.15) is 32.4 Å². The van der Waals surface area contributed by atoms with Crippen LogP contribution in [-0.2, 0) is 21.4 Å². The lowest BCUT2D eigenvalue weighted by Crippen LogP contribution is -2.30. The van der Waals surface area contributed by atoms with Crippen molar-refractivity contribution < 1.29 is 17.6 Å². The molecule has 0 unspecified atom stereocenters. The first-order chi connectivity index (χ1) is 11.0. The van der Waals surface area contributed by atoms with Gasteiger partial charge in [0.15, 0.2) is 0 Å². The second-order valence-corrected chi connectivity index (χ2v) is 7.77. The van der Waals surface area contributed by atoms with Gasteiger partial charge in [-0.25, -0.2) is 8.42 Å². The van der Waals surface area contributed by atoms with Gasteiger partial charge in [-0.05, 0) is 18.6 Å². The second-order valence-electron chi connectivity index (χ2n) is 4.68. The normalized spacial score (nSPS) is 11.8. The van der Waals surface area contributed by atoms with Crippen LogP contribution >= 0.6 is 11.3 Å². The Balaban J connectivity index is 2.14. The minimum Gasteiger partial charge on any atom is -0.468 e. The number of aromatic nitrogens is 2. The van der Waals surface area contributed by atoms with Crippen molar-refractivity contribution in [2.45, 2.75) is 37.6 Å². The number of furan rings is 1. The number of nitrogens with one attached hydrogen (secondary N) is 1. The smallest absolute Gasteiger partial charge is 0.272 e. The van der Waals surface area contributed by atoms with Gasteiger partial charge in [0, 0.05) is 13.0 Å². The van der Waals surface area contributed by atoms with E-state index in [0.717, 1.165) is 11.3 Å². The molecule has 126 valence electrons. The van der Waals surface area contributed by atoms with Crippen LogP contribution in [0, 0.1) is 0 Å². The molecule has 0 atom stereocenters. The van der Waals surface area contributed by atoms with Crippen molar-refractivity contribution in [2.75, 3.05) is 11.9 Å². The summed E-state index contributed by atoms with van der Waals surface area (Å²) in [7, 11) is -3.79. The van der Waals surface area contributed by atoms with E-state index in [0.29, 0.717) is 18.6 Å². The topological polar surface area (TPSA) is 105 Å². The van der Waals surface area contributed by atoms with Gasteiger partial charge in [0.1, 0.15) is 5.76 Å². The summed E-state index contributed by atoms with van der Waals surface area (Å²) in [5.41, 5.74) is 0. The molecule has 0 aliphatic heterocycles. The highest BCUT2D eigenvalue weighted by molar-refractivity contribution is 7.91. The van der Waals surface area contributed by atoms with Crippen LogP contribution in [0.25, 0.3) is 0 Å². The Morgan fingerprint density at radius 2 is 2.17 bits per heavy atom. The van der Waals surface area contributed by atoms with Crippen LogP contribution in [0.15, 0.2) is 27.2 Å². The van der Waals surface area contributed by atoms with Crippen molar-refractivity contribution >= 4 is 32.4 Å². The maximum absolute atomic E-state index is 12.6. The van der Waals surface area contributed by atoms with Gasteiger partial charge in [-0.1, -0.05) is 25.2 Å². The zero-order valence-electron chi connectivity index (χ0n) is 12.9. The molecule has 0 aromatic carbocycles. The van der Waals surface area contributed by atoms with E-state index in [4.69, 9.17) is 4.42 Å². The van der Waals surface area contributed by atoms with Crippen molar-refractivity contribution in [1.82, 2.24) is 14.5 Å². The number of hydrogen-bond acceptors (Lipinski definition) is 7. The molecule has 23 heavy (non-hydrogen) atoms. The van der Waals surface area contributed by atoms with E-state index in [-0.39, 0.29) is 28.5 Å². The van der Waals surface area contributed by atoms with Crippen LogP contribution in [0.2, 0.25) is 0 Å². The van der Waals surface area contributed by atoms with Gasteiger partial charge in [0.2, 0.25) is 15.4 Å². The Bertz CT molecular complexity index is 740. The molecule has 0 saturated heterocycles. The Hall–Kier alpha value is -1.78. The van der Waals surface area contributed by atoms with Gasteiger partial charge in [0.25, 0.3) is 10.0 Å². The molecule has 2 aromatic rings. The Kier molecular flexibility index (Phi) is 5.85. The highest BCUT2D eigenvalue weighted by Crippen LogP contribution is 2.24. The van der Waals surface area contributed by atoms with E-state index < -0.39 is 10.0 Å². The van der Waals surface area contributed by atoms with Gasteiger partial charge in [-0.15, -0.1) is 10.2 Å². The maximum atomic E-state index is 12.6. The van der Waals surface area contributed by atoms with Crippen LogP contribution in [0.4, 0.5) is 5.13 Å². The van der Waals surface area contributed by atoms with E-state index in [2.05, 4.69) is 15.5 Å². The van der Waals surface area contributed by atoms with E-state index in [1.54, 1.807) is 19.1 Å². The Morgan fingerprint density at radius 1 is 1.39 bits per heavy atom. The Morgan fingerprint density at radius 3 is 2.78 bits per heavy atom. The summed E-state index contributed by atoms with van der Waals surface area (Å²) in [6.07, 6.45) is 2.53. The molecule has 2 heterocycles. The number of carbonyl (C=O) groups excluding carboxylic acids is 1. The quantitative estimate of drug-likeness (QED) is 0.724. The van der Waals surface area contributed by atoms with Gasteiger partial charge in [-0.2, -0.15) is 4.31 Å². The molecule has 2 aromatic heterocycles. The van der Waals surface area contributed by atoms with Crippen LogP contribution < -0.4 is 5.32 Å². The van der Waals surface area contributed by atoms with Crippen molar-refractivity contribution in [2.24, 2.45) is 0 Å². The highest BCUT2D eigenvalue weighted by atomic mass is 32.2. The molecule has 0 bridgehead atoms. The zero-order chi connectivity index (χ0) is 16.9. The first-order valence-corrected chi connectivity index (χ1v) is 9.39. The number of sulfonamides is 1. The van der Waals surface area contributed by atoms with E-state index >= 15 is 0 Å². The molecule has 8 nitrogen and oxygen atoms in total. The number of amides is 1. The molecule has 2 rings (SSSR count). The first-order valence-electron chi connectivity index (χ1n) is 7.13. The van der Waals surface area contributed by atoms with Crippen molar-refractivity contribution in [3.05, 3.63) is 24.2 Å². The average molecular weight is 358 g/mol. The van der Waals surface area contributed by atoms with Gasteiger partial charge in [-0.3, -0.25) is 4.79 Å². The van der Waals surface area contributed by atoms with Gasteiger partial charge < -0.3 is 9.73 Å². The predicted octanol–water partition coefficient (Wildman–Crippen LogP) is 2.08. The number of carbonyl (C=O) groups is 1. The monoisotopic (exact) mass is 358 g/mol. The Labute approximate surface area is 138 Å². The van der Waals surface area contributed by atoms with Gasteiger partial charge >= 0.3 is 0 Å². The molecule has 0 radical (unpaired) electrons. The molecule has 0 fully saturated rings. The van der Waals surface area contributed by atoms with Crippen LogP contribution in [0.3, 0.4) is 0 Å². The zero-order valence-corrected chi connectivity index (χ0v) is 14.5. The molecular weight excluding hydrogens is 340 g/mol. The summed E-state index contributed by atoms with van der Waals surface area (Å²) in [6.45, 7) is 3.98. The number of hydrogen-bond donors (Lipinski definition) is 1. The molecule has 0 aliphatic rings. The van der Waals surface area contributed by atoms with E-state index in [9.17, 15) is 13.2 Å². The minimum atomic E-state index is -3.79. The molecule has 1 N–H and O–H groups in total. The predicted molar refractivity (Wildman–Crippen MR) is 85.4 cm³/mol. The van der Waals surface area contributed by atoms with Crippen molar-refractivity contribution in [3.63, 3.8) is 0 Å². The summed E-state index contributed by atoms with van der Waals surface area (Å²) in [4.78, 5) is 11.5. The molecule has 10 heteroatoms. The minimum absolute atomic E-state index is 0.114. The maximum Gasteiger partial charge on any atom is 0.272 e. The molecular formula is C13H18N4O4S2. The van der Waals surface area contributed by atoms with Gasteiger partial charge in [0.05, 0.1) is 12.8 Å². The van der Waals surface area contributed by atoms with Crippen molar-refractivity contribution in [3.8, 4) is 0 Å². The summed E-state index contributed by atoms with van der Waals surface area (Å²) in [5.74, 6) is 0.326. The SMILES string of the molecule is CCCC(=O)Nc1nnc(S(=O)(=O)N(CC)Cc2ccco2)s1. The molecule has 0 aliphatic carbocycles. The fourth-order valence-corrected chi connectivity index (χ4v) is 4.30. The largest absolute Gasteiger partial charge is 0.468 e. The van der Waals surface area contributed by atoms with Crippen LogP contribution in [0.5, 0.6) is 0 Å². The number of rotatable bonds is 8. The summed E-state index contributed by atoms with van der Waals surface area (Å²) in [6, 6.07) is 3.40. The fourth-order valence-electron chi connectivity index (χ4n) is 1.83. The third-order valence-corrected chi connectivity index (χ3v) is 6.06. The summed E-state index contributed by atoms with van der Waals surface area (Å²) >= 11 is 0.836. The first kappa shape index (κ1) is 17.6. The van der Waals surface area contributed by atoms with E-state index in [1.807, 2.05) is 6.92 Å². The molecule has 1 amide bonds. The van der Waals surface area contributed by atoms with E-state index in [1.165, 1.54) is 10.6 Å². The highest BCUT2D eigenvalue weighted by Gasteiger charge is 2.28. The second kappa shape index (κ2) is 7.66. The third kappa shape index (κ3) is 4.36. The lowest BCUT2D eigenvalue weighted by atomic mass is 10.3. The number of nitrogens with zero attached hydrogens (tertiary/aromatic N) is 3. The standard InChI is InChI=1S/C13H18N4O4S2/c1-3-6-11(18)14-12-15-16-13(22-12)23(19,20)17(4-2)9-10-7-5-8-21-10/h5,7-8H,3-4,6,9H2,1-2H3,(H,14,15,18). The third-order valence-electron chi connectivity index (χ3n) is 2.96. The van der Waals surface area contributed by atoms with Crippen LogP contribution in [-0.4, -0.2) is 35.4 Å². The fraction of sp³-hybridized carbons (Fsp3) is 0.462. The summed E-state index contributed by atoms with van der Waals surface area (Å²) < 4.78 is 31.5. The van der Waals surface area contributed by atoms with Crippen molar-refractivity contribution in [1.29, 1.82) is 0 Å². The lowest BCUT2D eigenvalue weighted by Gasteiger charge is -2.16. The lowest BCUT2D eigenvalue weighted by molar-refractivity contribution is -0.116. The molecule has 0 spiro atoms. The summed E-state index contributed by atoms with van der Waals surface area (Å²) in [5, 5.41) is 10.1. The molecule has 0 saturated carbocycles. The average Bonchev–Trinajstić information content (AvgIpc) is 3.16.